The maximum absolute atomic E-state index is 8.96. The van der Waals surface area contributed by atoms with Crippen LogP contribution >= 0.6 is 11.8 Å². The Bertz CT molecular complexity index is 597. The van der Waals surface area contributed by atoms with Gasteiger partial charge in [-0.05, 0) is 43.6 Å². The smallest absolute Gasteiger partial charge is 0.201 e. The molecule has 1 aromatic carbocycles. The fraction of sp³-hybridized carbons (Fsp3) is 0.385. The summed E-state index contributed by atoms with van der Waals surface area (Å²) in [6.07, 6.45) is 3.13. The number of nitriles is 1. The second-order valence-electron chi connectivity index (χ2n) is 4.29. The number of nitrogen functional groups attached to an aromatic ring is 1. The number of hydrogen-bond acceptors (Lipinski definition) is 4. The van der Waals surface area contributed by atoms with Crippen LogP contribution < -0.4 is 5.73 Å². The molecule has 0 spiro atoms. The molecule has 0 bridgehead atoms. The summed E-state index contributed by atoms with van der Waals surface area (Å²) in [4.78, 5) is 4.34. The molecule has 0 amide bonds. The van der Waals surface area contributed by atoms with Crippen LogP contribution in [0.3, 0.4) is 0 Å². The number of rotatable bonds is 4. The van der Waals surface area contributed by atoms with Crippen LogP contribution in [0, 0.1) is 11.3 Å². The van der Waals surface area contributed by atoms with E-state index in [0.717, 1.165) is 23.2 Å². The first kappa shape index (κ1) is 12.8. The van der Waals surface area contributed by atoms with E-state index in [1.165, 1.54) is 0 Å². The second kappa shape index (κ2) is 5.32. The van der Waals surface area contributed by atoms with Gasteiger partial charge in [0.05, 0.1) is 22.7 Å². The summed E-state index contributed by atoms with van der Waals surface area (Å²) < 4.78 is 2.02. The molecule has 1 aromatic heterocycles. The number of aromatic nitrogens is 2. The summed E-state index contributed by atoms with van der Waals surface area (Å²) in [7, 11) is 0. The van der Waals surface area contributed by atoms with Gasteiger partial charge < -0.3 is 10.3 Å². The van der Waals surface area contributed by atoms with Crippen LogP contribution in [-0.2, 0) is 0 Å². The van der Waals surface area contributed by atoms with E-state index in [1.54, 1.807) is 6.07 Å². The second-order valence-corrected chi connectivity index (χ2v) is 5.27. The highest BCUT2D eigenvalue weighted by Gasteiger charge is 2.14. The normalized spacial score (nSPS) is 12.5. The Hall–Kier alpha value is -1.67. The largest absolute Gasteiger partial charge is 0.369 e. The summed E-state index contributed by atoms with van der Waals surface area (Å²) in [5, 5.41) is 8.96. The van der Waals surface area contributed by atoms with Gasteiger partial charge in [-0.25, -0.2) is 4.98 Å². The number of thioether (sulfide) groups is 1. The predicted molar refractivity (Wildman–Crippen MR) is 76.6 cm³/mol. The number of imidazole rings is 1. The van der Waals surface area contributed by atoms with Crippen molar-refractivity contribution >= 4 is 28.7 Å². The van der Waals surface area contributed by atoms with Crippen molar-refractivity contribution in [3.63, 3.8) is 0 Å². The zero-order valence-corrected chi connectivity index (χ0v) is 11.4. The molecule has 94 valence electrons. The standard InChI is InChI=1S/C13H16N4S/c1-9(5-6-18-2)17-12-7-10(8-14)3-4-11(12)16-13(17)15/h3-4,7,9H,5-6H2,1-2H3,(H2,15,16). The summed E-state index contributed by atoms with van der Waals surface area (Å²) in [5.74, 6) is 1.60. The van der Waals surface area contributed by atoms with Gasteiger partial charge in [-0.15, -0.1) is 0 Å². The third-order valence-corrected chi connectivity index (χ3v) is 3.67. The van der Waals surface area contributed by atoms with E-state index in [9.17, 15) is 0 Å². The highest BCUT2D eigenvalue weighted by atomic mass is 32.2. The number of hydrogen-bond donors (Lipinski definition) is 1. The minimum Gasteiger partial charge on any atom is -0.369 e. The molecule has 0 fully saturated rings. The van der Waals surface area contributed by atoms with Crippen molar-refractivity contribution in [1.82, 2.24) is 9.55 Å². The molecule has 4 nitrogen and oxygen atoms in total. The molecule has 0 saturated heterocycles. The zero-order valence-electron chi connectivity index (χ0n) is 10.6. The van der Waals surface area contributed by atoms with Crippen molar-refractivity contribution in [1.29, 1.82) is 5.26 Å². The van der Waals surface area contributed by atoms with Crippen molar-refractivity contribution in [3.8, 4) is 6.07 Å². The first-order valence-electron chi connectivity index (χ1n) is 5.84. The Balaban J connectivity index is 2.48. The van der Waals surface area contributed by atoms with Crippen molar-refractivity contribution in [3.05, 3.63) is 23.8 Å². The number of benzene rings is 1. The first-order chi connectivity index (χ1) is 8.67. The first-order valence-corrected chi connectivity index (χ1v) is 7.23. The van der Waals surface area contributed by atoms with Crippen LogP contribution in [0.4, 0.5) is 5.95 Å². The van der Waals surface area contributed by atoms with Gasteiger partial charge in [0.1, 0.15) is 0 Å². The highest BCUT2D eigenvalue weighted by molar-refractivity contribution is 7.98. The van der Waals surface area contributed by atoms with Gasteiger partial charge in [0.2, 0.25) is 5.95 Å². The van der Waals surface area contributed by atoms with Crippen LogP contribution in [0.1, 0.15) is 24.9 Å². The Morgan fingerprint density at radius 2 is 2.33 bits per heavy atom. The average molecular weight is 260 g/mol. The lowest BCUT2D eigenvalue weighted by atomic mass is 10.2. The van der Waals surface area contributed by atoms with Gasteiger partial charge in [-0.2, -0.15) is 17.0 Å². The third kappa shape index (κ3) is 2.29. The molecule has 2 rings (SSSR count). The van der Waals surface area contributed by atoms with Gasteiger partial charge in [-0.1, -0.05) is 0 Å². The lowest BCUT2D eigenvalue weighted by Crippen LogP contribution is -2.09. The molecular weight excluding hydrogens is 244 g/mol. The fourth-order valence-corrected chi connectivity index (χ4v) is 2.64. The molecule has 5 heteroatoms. The Morgan fingerprint density at radius 3 is 3.00 bits per heavy atom. The minimum atomic E-state index is 0.288. The number of nitrogens with zero attached hydrogens (tertiary/aromatic N) is 3. The average Bonchev–Trinajstić information content (AvgIpc) is 2.70. The van der Waals surface area contributed by atoms with E-state index in [0.29, 0.717) is 11.5 Å². The van der Waals surface area contributed by atoms with Gasteiger partial charge in [0.15, 0.2) is 0 Å². The van der Waals surface area contributed by atoms with E-state index in [4.69, 9.17) is 11.0 Å². The van der Waals surface area contributed by atoms with Crippen LogP contribution in [0.25, 0.3) is 11.0 Å². The molecule has 1 heterocycles. The maximum Gasteiger partial charge on any atom is 0.201 e. The van der Waals surface area contributed by atoms with Gasteiger partial charge in [0.25, 0.3) is 0 Å². The molecule has 0 radical (unpaired) electrons. The summed E-state index contributed by atoms with van der Waals surface area (Å²) in [5.41, 5.74) is 8.41. The molecular formula is C13H16N4S. The van der Waals surface area contributed by atoms with Gasteiger partial charge >= 0.3 is 0 Å². The minimum absolute atomic E-state index is 0.288. The molecule has 0 aliphatic rings. The number of fused-ring (bicyclic) bond motifs is 1. The topological polar surface area (TPSA) is 67.6 Å². The van der Waals surface area contributed by atoms with Crippen LogP contribution in [0.5, 0.6) is 0 Å². The van der Waals surface area contributed by atoms with E-state index in [-0.39, 0.29) is 6.04 Å². The summed E-state index contributed by atoms with van der Waals surface area (Å²) in [6, 6.07) is 7.91. The van der Waals surface area contributed by atoms with E-state index >= 15 is 0 Å². The molecule has 2 N–H and O–H groups in total. The molecule has 0 saturated carbocycles. The van der Waals surface area contributed by atoms with Crippen LogP contribution in [0.2, 0.25) is 0 Å². The van der Waals surface area contributed by atoms with Crippen molar-refractivity contribution in [2.24, 2.45) is 0 Å². The molecule has 18 heavy (non-hydrogen) atoms. The van der Waals surface area contributed by atoms with Crippen LogP contribution in [-0.4, -0.2) is 21.6 Å². The molecule has 0 aliphatic heterocycles. The Labute approximate surface area is 111 Å². The number of anilines is 1. The quantitative estimate of drug-likeness (QED) is 0.917. The fourth-order valence-electron chi connectivity index (χ4n) is 2.06. The molecule has 1 unspecified atom stereocenters. The summed E-state index contributed by atoms with van der Waals surface area (Å²) in [6.45, 7) is 2.13. The van der Waals surface area contributed by atoms with Crippen molar-refractivity contribution < 1.29 is 0 Å². The monoisotopic (exact) mass is 260 g/mol. The zero-order chi connectivity index (χ0) is 13.1. The van der Waals surface area contributed by atoms with Crippen molar-refractivity contribution in [2.45, 2.75) is 19.4 Å². The predicted octanol–water partition coefficient (Wildman–Crippen LogP) is 2.80. The lowest BCUT2D eigenvalue weighted by Gasteiger charge is -2.15. The lowest BCUT2D eigenvalue weighted by molar-refractivity contribution is 0.556. The number of nitrogens with two attached hydrogens (primary N) is 1. The van der Waals surface area contributed by atoms with Crippen molar-refractivity contribution in [2.75, 3.05) is 17.7 Å². The Morgan fingerprint density at radius 1 is 1.56 bits per heavy atom. The van der Waals surface area contributed by atoms with E-state index in [2.05, 4.69) is 24.2 Å². The SMILES string of the molecule is CSCCC(C)n1c(N)nc2ccc(C#N)cc21. The molecule has 1 atom stereocenters. The van der Waals surface area contributed by atoms with Gasteiger partial charge in [0, 0.05) is 6.04 Å². The van der Waals surface area contributed by atoms with E-state index < -0.39 is 0 Å². The summed E-state index contributed by atoms with van der Waals surface area (Å²) >= 11 is 1.82. The van der Waals surface area contributed by atoms with Gasteiger partial charge in [-0.3, -0.25) is 0 Å². The maximum atomic E-state index is 8.96. The van der Waals surface area contributed by atoms with E-state index in [1.807, 2.05) is 28.5 Å². The third-order valence-electron chi connectivity index (χ3n) is 3.03. The Kier molecular flexibility index (Phi) is 3.78. The molecule has 2 aromatic rings. The molecule has 0 aliphatic carbocycles. The van der Waals surface area contributed by atoms with Crippen LogP contribution in [0.15, 0.2) is 18.2 Å². The highest BCUT2D eigenvalue weighted by Crippen LogP contribution is 2.26.